The minimum absolute atomic E-state index is 0.141. The lowest BCUT2D eigenvalue weighted by molar-refractivity contribution is -0.164. The number of carbonyl (C=O) groups is 3. The van der Waals surface area contributed by atoms with Crippen molar-refractivity contribution in [1.29, 1.82) is 0 Å². The van der Waals surface area contributed by atoms with Gasteiger partial charge in [0.2, 0.25) is 5.91 Å². The summed E-state index contributed by atoms with van der Waals surface area (Å²) < 4.78 is 15.8. The largest absolute Gasteiger partial charge is 0.497 e. The van der Waals surface area contributed by atoms with Crippen LogP contribution in [0.3, 0.4) is 0 Å². The highest BCUT2D eigenvalue weighted by Gasteiger charge is 2.56. The summed E-state index contributed by atoms with van der Waals surface area (Å²) in [6.07, 6.45) is 0.0723. The number of ether oxygens (including phenoxy) is 3. The van der Waals surface area contributed by atoms with Crippen molar-refractivity contribution < 1.29 is 28.6 Å². The number of fused-ring (bicyclic) bond motifs is 1. The molecule has 2 aliphatic heterocycles. The lowest BCUT2D eigenvalue weighted by Gasteiger charge is -2.35. The minimum atomic E-state index is -0.700. The number of likely N-dealkylation sites (tertiary alicyclic amines) is 2. The number of hydrogen-bond acceptors (Lipinski definition) is 6. The van der Waals surface area contributed by atoms with Crippen LogP contribution < -0.4 is 4.74 Å². The topological polar surface area (TPSA) is 85.4 Å². The predicted molar refractivity (Wildman–Crippen MR) is 113 cm³/mol. The summed E-state index contributed by atoms with van der Waals surface area (Å²) in [5.41, 5.74) is 0.228. The maximum absolute atomic E-state index is 13.5. The second-order valence-electron chi connectivity index (χ2n) is 9.15. The van der Waals surface area contributed by atoms with E-state index in [4.69, 9.17) is 14.2 Å². The molecule has 2 heterocycles. The number of hydrogen-bond donors (Lipinski definition) is 0. The first-order valence-corrected chi connectivity index (χ1v) is 10.6. The van der Waals surface area contributed by atoms with Gasteiger partial charge in [-0.3, -0.25) is 4.79 Å². The Balaban J connectivity index is 1.94. The van der Waals surface area contributed by atoms with Gasteiger partial charge in [-0.05, 0) is 51.8 Å². The molecule has 31 heavy (non-hydrogen) atoms. The van der Waals surface area contributed by atoms with Crippen LogP contribution in [0.5, 0.6) is 5.75 Å². The highest BCUT2D eigenvalue weighted by atomic mass is 16.6. The number of carbonyl (C=O) groups excluding carboxylic acids is 3. The number of rotatable bonds is 4. The van der Waals surface area contributed by atoms with Crippen LogP contribution in [0.2, 0.25) is 0 Å². The number of methoxy groups -OCH3 is 2. The molecule has 0 radical (unpaired) electrons. The van der Waals surface area contributed by atoms with E-state index in [2.05, 4.69) is 0 Å². The average Bonchev–Trinajstić information content (AvgIpc) is 3.03. The summed E-state index contributed by atoms with van der Waals surface area (Å²) in [7, 11) is 2.92. The van der Waals surface area contributed by atoms with E-state index in [0.717, 1.165) is 11.3 Å². The molecule has 0 spiro atoms. The second-order valence-corrected chi connectivity index (χ2v) is 9.15. The monoisotopic (exact) mass is 432 g/mol. The van der Waals surface area contributed by atoms with E-state index in [0.29, 0.717) is 13.0 Å². The number of esters is 1. The van der Waals surface area contributed by atoms with Crippen LogP contribution in [0.25, 0.3) is 0 Å². The zero-order chi connectivity index (χ0) is 22.9. The van der Waals surface area contributed by atoms with Crippen LogP contribution in [0.4, 0.5) is 4.79 Å². The molecule has 1 aromatic rings. The van der Waals surface area contributed by atoms with Crippen LogP contribution in [0.1, 0.15) is 45.7 Å². The van der Waals surface area contributed by atoms with Gasteiger partial charge < -0.3 is 24.0 Å². The predicted octanol–water partition coefficient (Wildman–Crippen LogP) is 3.01. The van der Waals surface area contributed by atoms with Crippen LogP contribution in [0.15, 0.2) is 24.3 Å². The van der Waals surface area contributed by atoms with E-state index in [1.165, 1.54) is 12.0 Å². The van der Waals surface area contributed by atoms with Crippen molar-refractivity contribution in [2.24, 2.45) is 11.8 Å². The molecule has 8 nitrogen and oxygen atoms in total. The van der Waals surface area contributed by atoms with Crippen molar-refractivity contribution in [2.45, 2.75) is 51.8 Å². The molecule has 8 heteroatoms. The Morgan fingerprint density at radius 3 is 2.32 bits per heavy atom. The third-order valence-electron chi connectivity index (χ3n) is 6.04. The average molecular weight is 433 g/mol. The highest BCUT2D eigenvalue weighted by Crippen LogP contribution is 2.43. The number of benzene rings is 1. The van der Waals surface area contributed by atoms with Crippen LogP contribution in [-0.4, -0.2) is 66.7 Å². The van der Waals surface area contributed by atoms with E-state index in [1.54, 1.807) is 12.0 Å². The standard InChI is InChI=1S/C23H32N2O6/c1-14(15-7-9-16(29-5)10-8-15)25-19(21(27)31-23(2,3)4)17-11-12-24(22(28)30-6)13-18(17)20(25)26/h7-10,14,17-19H,11-13H2,1-6H3/t14-,17?,18?,19+/m0/s1. The van der Waals surface area contributed by atoms with Crippen molar-refractivity contribution in [3.63, 3.8) is 0 Å². The zero-order valence-electron chi connectivity index (χ0n) is 19.1. The van der Waals surface area contributed by atoms with E-state index in [-0.39, 0.29) is 24.4 Å². The third kappa shape index (κ3) is 4.62. The Kier molecular flexibility index (Phi) is 6.48. The molecule has 0 saturated carbocycles. The fourth-order valence-corrected chi connectivity index (χ4v) is 4.56. The molecule has 1 aromatic carbocycles. The van der Waals surface area contributed by atoms with E-state index < -0.39 is 29.6 Å². The molecule has 0 aliphatic carbocycles. The molecular weight excluding hydrogens is 400 g/mol. The molecule has 3 rings (SSSR count). The molecule has 2 aliphatic rings. The van der Waals surface area contributed by atoms with Crippen LogP contribution in [-0.2, 0) is 19.1 Å². The number of piperidine rings is 1. The van der Waals surface area contributed by atoms with Gasteiger partial charge in [-0.25, -0.2) is 9.59 Å². The molecule has 4 atom stereocenters. The van der Waals surface area contributed by atoms with Crippen molar-refractivity contribution in [3.8, 4) is 5.75 Å². The van der Waals surface area contributed by atoms with Crippen molar-refractivity contribution in [1.82, 2.24) is 9.80 Å². The van der Waals surface area contributed by atoms with Crippen LogP contribution >= 0.6 is 0 Å². The highest BCUT2D eigenvalue weighted by molar-refractivity contribution is 5.91. The second kappa shape index (κ2) is 8.77. The molecule has 2 amide bonds. The van der Waals surface area contributed by atoms with E-state index in [1.807, 2.05) is 52.0 Å². The lowest BCUT2D eigenvalue weighted by atomic mass is 9.84. The fourth-order valence-electron chi connectivity index (χ4n) is 4.56. The van der Waals surface area contributed by atoms with Gasteiger partial charge in [0, 0.05) is 19.0 Å². The Labute approximate surface area is 183 Å². The first-order valence-electron chi connectivity index (χ1n) is 10.6. The minimum Gasteiger partial charge on any atom is -0.497 e. The van der Waals surface area contributed by atoms with Crippen molar-refractivity contribution in [2.75, 3.05) is 27.3 Å². The van der Waals surface area contributed by atoms with Crippen LogP contribution in [0, 0.1) is 11.8 Å². The van der Waals surface area contributed by atoms with E-state index >= 15 is 0 Å². The van der Waals surface area contributed by atoms with Gasteiger partial charge in [0.25, 0.3) is 0 Å². The summed E-state index contributed by atoms with van der Waals surface area (Å²) >= 11 is 0. The molecule has 2 saturated heterocycles. The molecular formula is C23H32N2O6. The SMILES string of the molecule is COC(=O)N1CCC2C(C1)C(=O)N([C@@H](C)c1ccc(OC)cc1)[C@H]2C(=O)OC(C)(C)C. The van der Waals surface area contributed by atoms with Gasteiger partial charge in [0.05, 0.1) is 26.2 Å². The lowest BCUT2D eigenvalue weighted by Crippen LogP contribution is -2.48. The summed E-state index contributed by atoms with van der Waals surface area (Å²) in [4.78, 5) is 42.0. The van der Waals surface area contributed by atoms with Gasteiger partial charge in [0.15, 0.2) is 0 Å². The first kappa shape index (κ1) is 22.9. The third-order valence-corrected chi connectivity index (χ3v) is 6.04. The summed E-state index contributed by atoms with van der Waals surface area (Å²) in [5, 5.41) is 0. The normalized spacial score (nSPS) is 24.5. The Morgan fingerprint density at radius 1 is 1.13 bits per heavy atom. The van der Waals surface area contributed by atoms with Gasteiger partial charge >= 0.3 is 12.1 Å². The Bertz CT molecular complexity index is 831. The molecule has 0 N–H and O–H groups in total. The Hall–Kier alpha value is -2.77. The molecule has 170 valence electrons. The summed E-state index contributed by atoms with van der Waals surface area (Å²) in [6.45, 7) is 8.03. The molecule has 2 unspecified atom stereocenters. The maximum Gasteiger partial charge on any atom is 0.409 e. The first-order chi connectivity index (χ1) is 14.6. The number of amides is 2. The van der Waals surface area contributed by atoms with E-state index in [9.17, 15) is 14.4 Å². The summed E-state index contributed by atoms with van der Waals surface area (Å²) in [6, 6.07) is 6.42. The fraction of sp³-hybridized carbons (Fsp3) is 0.609. The molecule has 0 aromatic heterocycles. The summed E-state index contributed by atoms with van der Waals surface area (Å²) in [5.74, 6) is -0.511. The quantitative estimate of drug-likeness (QED) is 0.680. The van der Waals surface area contributed by atoms with Crippen molar-refractivity contribution in [3.05, 3.63) is 29.8 Å². The van der Waals surface area contributed by atoms with Gasteiger partial charge in [-0.2, -0.15) is 0 Å². The molecule has 0 bridgehead atoms. The maximum atomic E-state index is 13.5. The Morgan fingerprint density at radius 2 is 1.77 bits per heavy atom. The number of nitrogens with zero attached hydrogens (tertiary/aromatic N) is 2. The molecule has 2 fully saturated rings. The smallest absolute Gasteiger partial charge is 0.409 e. The van der Waals surface area contributed by atoms with Gasteiger partial charge in [0.1, 0.15) is 17.4 Å². The van der Waals surface area contributed by atoms with Gasteiger partial charge in [-0.15, -0.1) is 0 Å². The van der Waals surface area contributed by atoms with Gasteiger partial charge in [-0.1, -0.05) is 12.1 Å². The zero-order valence-corrected chi connectivity index (χ0v) is 19.1. The van der Waals surface area contributed by atoms with Crippen molar-refractivity contribution >= 4 is 18.0 Å².